The van der Waals surface area contributed by atoms with Crippen molar-refractivity contribution < 1.29 is 19.1 Å². The van der Waals surface area contributed by atoms with Gasteiger partial charge >= 0.3 is 0 Å². The number of carbonyl (C=O) groups is 3. The van der Waals surface area contributed by atoms with E-state index in [-0.39, 0.29) is 30.4 Å². The molecule has 3 amide bonds. The van der Waals surface area contributed by atoms with Crippen molar-refractivity contribution in [1.82, 2.24) is 10.6 Å². The summed E-state index contributed by atoms with van der Waals surface area (Å²) in [6, 6.07) is 17.5. The number of anilines is 1. The van der Waals surface area contributed by atoms with Crippen molar-refractivity contribution in [2.75, 3.05) is 24.6 Å². The van der Waals surface area contributed by atoms with Crippen LogP contribution < -0.4 is 15.5 Å². The van der Waals surface area contributed by atoms with Gasteiger partial charge < -0.3 is 15.4 Å². The molecule has 8 heteroatoms. The molecule has 0 saturated carbocycles. The van der Waals surface area contributed by atoms with E-state index in [1.807, 2.05) is 67.8 Å². The fourth-order valence-electron chi connectivity index (χ4n) is 4.22. The Labute approximate surface area is 215 Å². The average Bonchev–Trinajstić information content (AvgIpc) is 3.61. The fraction of sp³-hybridized carbons (Fsp3) is 0.321. The van der Waals surface area contributed by atoms with E-state index in [0.29, 0.717) is 29.3 Å². The number of hydrogen-bond donors (Lipinski definition) is 2. The lowest BCUT2D eigenvalue weighted by Crippen LogP contribution is -2.48. The van der Waals surface area contributed by atoms with E-state index in [0.717, 1.165) is 24.0 Å². The van der Waals surface area contributed by atoms with Gasteiger partial charge in [0.1, 0.15) is 6.04 Å². The smallest absolute Gasteiger partial charge is 0.261 e. The molecule has 4 rings (SSSR count). The molecule has 1 aliphatic rings. The molecule has 1 aromatic heterocycles. The first-order chi connectivity index (χ1) is 17.4. The van der Waals surface area contributed by atoms with E-state index in [1.165, 1.54) is 16.2 Å². The third-order valence-electron chi connectivity index (χ3n) is 6.33. The Morgan fingerprint density at radius 3 is 2.50 bits per heavy atom. The van der Waals surface area contributed by atoms with Gasteiger partial charge in [0.2, 0.25) is 11.8 Å². The second-order valence-electron chi connectivity index (χ2n) is 8.89. The van der Waals surface area contributed by atoms with Crippen LogP contribution in [0.3, 0.4) is 0 Å². The molecule has 2 heterocycles. The molecule has 1 saturated heterocycles. The minimum atomic E-state index is -0.916. The zero-order chi connectivity index (χ0) is 25.5. The van der Waals surface area contributed by atoms with Gasteiger partial charge in [0.05, 0.1) is 17.5 Å². The van der Waals surface area contributed by atoms with Gasteiger partial charge in [0.25, 0.3) is 5.91 Å². The lowest BCUT2D eigenvalue weighted by atomic mass is 10.0. The number of rotatable bonds is 9. The maximum absolute atomic E-state index is 13.7. The Morgan fingerprint density at radius 2 is 1.83 bits per heavy atom. The van der Waals surface area contributed by atoms with Gasteiger partial charge in [-0.1, -0.05) is 42.5 Å². The number of amides is 3. The van der Waals surface area contributed by atoms with Crippen molar-refractivity contribution in [3.8, 4) is 0 Å². The summed E-state index contributed by atoms with van der Waals surface area (Å²) in [6.07, 6.45) is 1.84. The van der Waals surface area contributed by atoms with Crippen molar-refractivity contribution in [2.24, 2.45) is 0 Å². The molecule has 0 radical (unpaired) electrons. The standard InChI is InChI=1S/C28H31N3O4S/c1-19-12-13-22(16-20(19)2)31(25(32)18-30-27(33)24-11-7-15-36-24)26(21-8-4-3-5-9-21)28(34)29-17-23-10-6-14-35-23/h3-5,7-9,11-13,15-16,23,26H,6,10,14,17-18H2,1-2H3,(H,29,34)(H,30,33)/t23-,26+/m0/s1. The van der Waals surface area contributed by atoms with Crippen LogP contribution in [0.5, 0.6) is 0 Å². The van der Waals surface area contributed by atoms with Crippen LogP contribution in [0.4, 0.5) is 5.69 Å². The van der Waals surface area contributed by atoms with Crippen LogP contribution in [0.15, 0.2) is 66.0 Å². The van der Waals surface area contributed by atoms with Crippen molar-refractivity contribution in [2.45, 2.75) is 38.8 Å². The highest BCUT2D eigenvalue weighted by Crippen LogP contribution is 2.30. The zero-order valence-electron chi connectivity index (χ0n) is 20.5. The molecule has 0 unspecified atom stereocenters. The van der Waals surface area contributed by atoms with Crippen molar-refractivity contribution >= 4 is 34.7 Å². The van der Waals surface area contributed by atoms with Crippen LogP contribution in [0.1, 0.15) is 45.2 Å². The van der Waals surface area contributed by atoms with Crippen LogP contribution >= 0.6 is 11.3 Å². The SMILES string of the molecule is Cc1ccc(N(C(=O)CNC(=O)c2cccs2)[C@@H](C(=O)NC[C@@H]2CCCO2)c2ccccc2)cc1C. The Morgan fingerprint density at radius 1 is 1.03 bits per heavy atom. The summed E-state index contributed by atoms with van der Waals surface area (Å²) in [5, 5.41) is 7.52. The fourth-order valence-corrected chi connectivity index (χ4v) is 4.86. The predicted octanol–water partition coefficient (Wildman–Crippen LogP) is 4.16. The van der Waals surface area contributed by atoms with Crippen LogP contribution in [-0.4, -0.2) is 43.5 Å². The van der Waals surface area contributed by atoms with E-state index >= 15 is 0 Å². The van der Waals surface area contributed by atoms with Crippen LogP contribution in [0, 0.1) is 13.8 Å². The monoisotopic (exact) mass is 505 g/mol. The number of hydrogen-bond acceptors (Lipinski definition) is 5. The highest BCUT2D eigenvalue weighted by Gasteiger charge is 2.33. The topological polar surface area (TPSA) is 87.7 Å². The summed E-state index contributed by atoms with van der Waals surface area (Å²) >= 11 is 1.30. The van der Waals surface area contributed by atoms with Gasteiger partial charge in [-0.15, -0.1) is 11.3 Å². The minimum absolute atomic E-state index is 0.0266. The molecule has 7 nitrogen and oxygen atoms in total. The largest absolute Gasteiger partial charge is 0.376 e. The zero-order valence-corrected chi connectivity index (χ0v) is 21.3. The highest BCUT2D eigenvalue weighted by atomic mass is 32.1. The first-order valence-electron chi connectivity index (χ1n) is 12.1. The lowest BCUT2D eigenvalue weighted by Gasteiger charge is -2.32. The number of thiophene rings is 1. The predicted molar refractivity (Wildman–Crippen MR) is 141 cm³/mol. The molecule has 1 aliphatic heterocycles. The summed E-state index contributed by atoms with van der Waals surface area (Å²) in [7, 11) is 0. The molecule has 0 spiro atoms. The second kappa shape index (κ2) is 12.0. The number of aryl methyl sites for hydroxylation is 2. The van der Waals surface area contributed by atoms with Crippen LogP contribution in [-0.2, 0) is 14.3 Å². The summed E-state index contributed by atoms with van der Waals surface area (Å²) in [6.45, 7) is 4.79. The summed E-state index contributed by atoms with van der Waals surface area (Å²) in [4.78, 5) is 41.9. The maximum Gasteiger partial charge on any atom is 0.261 e. The van der Waals surface area contributed by atoms with Crippen molar-refractivity contribution in [3.05, 3.63) is 87.6 Å². The summed E-state index contributed by atoms with van der Waals surface area (Å²) in [5.41, 5.74) is 3.35. The van der Waals surface area contributed by atoms with Gasteiger partial charge in [0.15, 0.2) is 0 Å². The van der Waals surface area contributed by atoms with E-state index in [4.69, 9.17) is 4.74 Å². The molecule has 0 bridgehead atoms. The molecule has 188 valence electrons. The number of nitrogens with one attached hydrogen (secondary N) is 2. The third kappa shape index (κ3) is 6.19. The van der Waals surface area contributed by atoms with E-state index in [1.54, 1.807) is 12.1 Å². The molecule has 3 aromatic rings. The average molecular weight is 506 g/mol. The van der Waals surface area contributed by atoms with Gasteiger partial charge in [-0.05, 0) is 67.0 Å². The number of nitrogens with zero attached hydrogens (tertiary/aromatic N) is 1. The Kier molecular flexibility index (Phi) is 8.51. The number of ether oxygens (including phenoxy) is 1. The first-order valence-corrected chi connectivity index (χ1v) is 13.0. The van der Waals surface area contributed by atoms with E-state index in [2.05, 4.69) is 10.6 Å². The normalized spacial score (nSPS) is 15.8. The number of carbonyl (C=O) groups excluding carboxylic acids is 3. The maximum atomic E-state index is 13.7. The van der Waals surface area contributed by atoms with E-state index < -0.39 is 6.04 Å². The van der Waals surface area contributed by atoms with Gasteiger partial charge in [-0.2, -0.15) is 0 Å². The minimum Gasteiger partial charge on any atom is -0.376 e. The molecule has 2 aromatic carbocycles. The Hall–Kier alpha value is -3.49. The van der Waals surface area contributed by atoms with Crippen LogP contribution in [0.25, 0.3) is 0 Å². The summed E-state index contributed by atoms with van der Waals surface area (Å²) in [5.74, 6) is -1.00. The molecule has 2 N–H and O–H groups in total. The highest BCUT2D eigenvalue weighted by molar-refractivity contribution is 7.12. The molecule has 1 fully saturated rings. The first kappa shape index (κ1) is 25.6. The van der Waals surface area contributed by atoms with E-state index in [9.17, 15) is 14.4 Å². The molecule has 0 aliphatic carbocycles. The Balaban J connectivity index is 1.65. The van der Waals surface area contributed by atoms with Gasteiger partial charge in [0, 0.05) is 18.8 Å². The van der Waals surface area contributed by atoms with Gasteiger partial charge in [-0.3, -0.25) is 19.3 Å². The Bertz CT molecular complexity index is 1190. The van der Waals surface area contributed by atoms with Gasteiger partial charge in [-0.25, -0.2) is 0 Å². The third-order valence-corrected chi connectivity index (χ3v) is 7.20. The molecule has 36 heavy (non-hydrogen) atoms. The number of benzene rings is 2. The molecule has 2 atom stereocenters. The lowest BCUT2D eigenvalue weighted by molar-refractivity contribution is -0.126. The van der Waals surface area contributed by atoms with Crippen LogP contribution in [0.2, 0.25) is 0 Å². The quantitative estimate of drug-likeness (QED) is 0.457. The van der Waals surface area contributed by atoms with Crippen molar-refractivity contribution in [1.29, 1.82) is 0 Å². The summed E-state index contributed by atoms with van der Waals surface area (Å²) < 4.78 is 5.67. The van der Waals surface area contributed by atoms with Crippen molar-refractivity contribution in [3.63, 3.8) is 0 Å². The second-order valence-corrected chi connectivity index (χ2v) is 9.83. The molecular weight excluding hydrogens is 474 g/mol. The molecular formula is C28H31N3O4S.